The number of hydrogen-bond donors (Lipinski definition) is 0. The Hall–Kier alpha value is -2.84. The third-order valence-corrected chi connectivity index (χ3v) is 6.22. The summed E-state index contributed by atoms with van der Waals surface area (Å²) in [6.45, 7) is 6.56. The predicted molar refractivity (Wildman–Crippen MR) is 122 cm³/mol. The van der Waals surface area contributed by atoms with E-state index < -0.39 is 0 Å². The van der Waals surface area contributed by atoms with E-state index in [1.165, 1.54) is 5.56 Å². The number of thioether (sulfide) groups is 1. The van der Waals surface area contributed by atoms with E-state index in [9.17, 15) is 4.79 Å². The van der Waals surface area contributed by atoms with Crippen LogP contribution in [-0.2, 0) is 10.5 Å². The van der Waals surface area contributed by atoms with Gasteiger partial charge in [0.05, 0.1) is 26.0 Å². The fourth-order valence-electron chi connectivity index (χ4n) is 3.50. The lowest BCUT2D eigenvalue weighted by molar-refractivity contribution is 0.101. The second kappa shape index (κ2) is 9.53. The molecule has 0 atom stereocenters. The highest BCUT2D eigenvalue weighted by Crippen LogP contribution is 2.32. The number of aromatic nitrogens is 3. The molecule has 1 aliphatic heterocycles. The molecule has 162 valence electrons. The quantitative estimate of drug-likeness (QED) is 0.409. The van der Waals surface area contributed by atoms with Crippen molar-refractivity contribution in [1.29, 1.82) is 0 Å². The van der Waals surface area contributed by atoms with Gasteiger partial charge in [-0.1, -0.05) is 29.5 Å². The van der Waals surface area contributed by atoms with Crippen LogP contribution in [0.2, 0.25) is 0 Å². The van der Waals surface area contributed by atoms with Gasteiger partial charge < -0.3 is 14.4 Å². The number of anilines is 1. The summed E-state index contributed by atoms with van der Waals surface area (Å²) in [6, 6.07) is 13.9. The molecule has 0 N–H and O–H groups in total. The average Bonchev–Trinajstić information content (AvgIpc) is 3.22. The summed E-state index contributed by atoms with van der Waals surface area (Å²) in [6.07, 6.45) is 0. The number of methoxy groups -OCH3 is 1. The van der Waals surface area contributed by atoms with Crippen molar-refractivity contribution in [2.24, 2.45) is 0 Å². The van der Waals surface area contributed by atoms with Gasteiger partial charge in [-0.05, 0) is 44.2 Å². The standard InChI is InChI=1S/C23H26N4O3S/c1-16-4-7-20(8-5-16)27-22(26-10-12-30-13-11-26)24-25-23(27)31-15-19-14-18(17(2)28)6-9-21(19)29-3/h4-9,14H,10-13,15H2,1-3H3. The molecule has 31 heavy (non-hydrogen) atoms. The number of rotatable bonds is 7. The lowest BCUT2D eigenvalue weighted by Crippen LogP contribution is -2.37. The highest BCUT2D eigenvalue weighted by atomic mass is 32.2. The summed E-state index contributed by atoms with van der Waals surface area (Å²) < 4.78 is 13.1. The zero-order valence-electron chi connectivity index (χ0n) is 18.0. The molecule has 0 unspecified atom stereocenters. The van der Waals surface area contributed by atoms with Crippen LogP contribution in [0.15, 0.2) is 47.6 Å². The first kappa shape index (κ1) is 21.4. The highest BCUT2D eigenvalue weighted by molar-refractivity contribution is 7.98. The summed E-state index contributed by atoms with van der Waals surface area (Å²) in [4.78, 5) is 14.0. The van der Waals surface area contributed by atoms with Crippen molar-refractivity contribution in [2.75, 3.05) is 38.3 Å². The van der Waals surface area contributed by atoms with Gasteiger partial charge in [-0.3, -0.25) is 9.36 Å². The molecule has 0 radical (unpaired) electrons. The second-order valence-corrected chi connectivity index (χ2v) is 8.37. The first-order valence-electron chi connectivity index (χ1n) is 10.2. The molecule has 1 saturated heterocycles. The zero-order chi connectivity index (χ0) is 21.8. The van der Waals surface area contributed by atoms with Crippen LogP contribution < -0.4 is 9.64 Å². The van der Waals surface area contributed by atoms with Gasteiger partial charge in [0.25, 0.3) is 0 Å². The molecule has 0 spiro atoms. The van der Waals surface area contributed by atoms with Gasteiger partial charge in [0, 0.05) is 30.0 Å². The first-order chi connectivity index (χ1) is 15.1. The topological polar surface area (TPSA) is 69.5 Å². The molecule has 0 saturated carbocycles. The summed E-state index contributed by atoms with van der Waals surface area (Å²) in [5.74, 6) is 2.22. The molecule has 7 nitrogen and oxygen atoms in total. The van der Waals surface area contributed by atoms with Crippen molar-refractivity contribution in [3.05, 3.63) is 59.2 Å². The Morgan fingerprint density at radius 1 is 1.13 bits per heavy atom. The van der Waals surface area contributed by atoms with Crippen LogP contribution in [0.1, 0.15) is 28.4 Å². The monoisotopic (exact) mass is 438 g/mol. The minimum atomic E-state index is 0.0336. The molecule has 2 heterocycles. The fourth-order valence-corrected chi connectivity index (χ4v) is 4.42. The highest BCUT2D eigenvalue weighted by Gasteiger charge is 2.22. The fraction of sp³-hybridized carbons (Fsp3) is 0.348. The number of carbonyl (C=O) groups excluding carboxylic acids is 1. The van der Waals surface area contributed by atoms with Gasteiger partial charge in [-0.15, -0.1) is 10.2 Å². The van der Waals surface area contributed by atoms with E-state index in [-0.39, 0.29) is 5.78 Å². The molecule has 4 rings (SSSR count). The van der Waals surface area contributed by atoms with E-state index in [1.807, 2.05) is 12.1 Å². The number of Topliss-reactive ketones (excluding diaryl/α,β-unsaturated/α-hetero) is 1. The number of ether oxygens (including phenoxy) is 2. The maximum absolute atomic E-state index is 11.8. The minimum absolute atomic E-state index is 0.0336. The number of ketones is 1. The average molecular weight is 439 g/mol. The molecule has 1 aliphatic rings. The zero-order valence-corrected chi connectivity index (χ0v) is 18.8. The van der Waals surface area contributed by atoms with Gasteiger partial charge in [-0.25, -0.2) is 0 Å². The SMILES string of the molecule is COc1ccc(C(C)=O)cc1CSc1nnc(N2CCOCC2)n1-c1ccc(C)cc1. The van der Waals surface area contributed by atoms with Crippen molar-refractivity contribution < 1.29 is 14.3 Å². The van der Waals surface area contributed by atoms with Crippen LogP contribution in [0.5, 0.6) is 5.75 Å². The van der Waals surface area contributed by atoms with Gasteiger partial charge in [-0.2, -0.15) is 0 Å². The van der Waals surface area contributed by atoms with Crippen molar-refractivity contribution in [3.8, 4) is 11.4 Å². The summed E-state index contributed by atoms with van der Waals surface area (Å²) >= 11 is 1.57. The number of benzene rings is 2. The summed E-state index contributed by atoms with van der Waals surface area (Å²) in [5.41, 5.74) is 3.84. The molecular weight excluding hydrogens is 412 g/mol. The molecule has 1 aromatic heterocycles. The maximum Gasteiger partial charge on any atom is 0.232 e. The Labute approximate surface area is 186 Å². The normalized spacial score (nSPS) is 14.0. The van der Waals surface area contributed by atoms with Gasteiger partial charge >= 0.3 is 0 Å². The van der Waals surface area contributed by atoms with Crippen molar-refractivity contribution in [2.45, 2.75) is 24.8 Å². The molecule has 1 fully saturated rings. The van der Waals surface area contributed by atoms with Crippen LogP contribution in [0.25, 0.3) is 5.69 Å². The Morgan fingerprint density at radius 3 is 2.55 bits per heavy atom. The van der Waals surface area contributed by atoms with E-state index >= 15 is 0 Å². The number of carbonyl (C=O) groups is 1. The molecule has 8 heteroatoms. The molecular formula is C23H26N4O3S. The van der Waals surface area contributed by atoms with Crippen LogP contribution in [-0.4, -0.2) is 54.0 Å². The summed E-state index contributed by atoms with van der Waals surface area (Å²) in [7, 11) is 1.64. The third-order valence-electron chi connectivity index (χ3n) is 5.25. The molecule has 0 aliphatic carbocycles. The number of morpholine rings is 1. The van der Waals surface area contributed by atoms with E-state index in [0.717, 1.165) is 41.2 Å². The number of nitrogens with zero attached hydrogens (tertiary/aromatic N) is 4. The minimum Gasteiger partial charge on any atom is -0.496 e. The largest absolute Gasteiger partial charge is 0.496 e. The van der Waals surface area contributed by atoms with Crippen molar-refractivity contribution >= 4 is 23.5 Å². The first-order valence-corrected chi connectivity index (χ1v) is 11.2. The van der Waals surface area contributed by atoms with Crippen molar-refractivity contribution in [1.82, 2.24) is 14.8 Å². The van der Waals surface area contributed by atoms with E-state index in [0.29, 0.717) is 24.5 Å². The van der Waals surface area contributed by atoms with Crippen molar-refractivity contribution in [3.63, 3.8) is 0 Å². The number of hydrogen-bond acceptors (Lipinski definition) is 7. The lowest BCUT2D eigenvalue weighted by Gasteiger charge is -2.28. The Morgan fingerprint density at radius 2 is 1.87 bits per heavy atom. The van der Waals surface area contributed by atoms with Gasteiger partial charge in [0.2, 0.25) is 5.95 Å². The Kier molecular flexibility index (Phi) is 6.58. The van der Waals surface area contributed by atoms with Crippen LogP contribution in [0.4, 0.5) is 5.95 Å². The van der Waals surface area contributed by atoms with Gasteiger partial charge in [0.1, 0.15) is 5.75 Å². The van der Waals surface area contributed by atoms with Crippen LogP contribution in [0.3, 0.4) is 0 Å². The second-order valence-electron chi connectivity index (χ2n) is 7.42. The lowest BCUT2D eigenvalue weighted by atomic mass is 10.1. The van der Waals surface area contributed by atoms with E-state index in [2.05, 4.69) is 50.9 Å². The molecule has 0 amide bonds. The van der Waals surface area contributed by atoms with Gasteiger partial charge in [0.15, 0.2) is 10.9 Å². The maximum atomic E-state index is 11.8. The number of aryl methyl sites for hydroxylation is 1. The third kappa shape index (κ3) is 4.75. The predicted octanol–water partition coefficient (Wildman–Crippen LogP) is 3.92. The Bertz CT molecular complexity index is 1060. The molecule has 2 aromatic carbocycles. The molecule has 3 aromatic rings. The van der Waals surface area contributed by atoms with Crippen LogP contribution >= 0.6 is 11.8 Å². The van der Waals surface area contributed by atoms with E-state index in [1.54, 1.807) is 31.9 Å². The Balaban J connectivity index is 1.67. The van der Waals surface area contributed by atoms with Crippen LogP contribution in [0, 0.1) is 6.92 Å². The van der Waals surface area contributed by atoms with E-state index in [4.69, 9.17) is 9.47 Å². The molecule has 0 bridgehead atoms. The summed E-state index contributed by atoms with van der Waals surface area (Å²) in [5, 5.41) is 9.81. The smallest absolute Gasteiger partial charge is 0.232 e.